The van der Waals surface area contributed by atoms with Crippen molar-refractivity contribution in [3.8, 4) is 0 Å². The molecule has 3 nitrogen and oxygen atoms in total. The Labute approximate surface area is 119 Å². The first-order valence-electron chi connectivity index (χ1n) is 6.93. The molecule has 1 saturated carbocycles. The first-order chi connectivity index (χ1) is 9.16. The summed E-state index contributed by atoms with van der Waals surface area (Å²) in [4.78, 5) is 12.0. The Kier molecular flexibility index (Phi) is 4.83. The maximum atomic E-state index is 12.0. The molecule has 4 heteroatoms. The fourth-order valence-corrected chi connectivity index (χ4v) is 3.03. The fourth-order valence-electron chi connectivity index (χ4n) is 2.84. The van der Waals surface area contributed by atoms with E-state index < -0.39 is 0 Å². The van der Waals surface area contributed by atoms with Crippen molar-refractivity contribution in [1.29, 1.82) is 0 Å². The Bertz CT molecular complexity index is 442. The van der Waals surface area contributed by atoms with Crippen LogP contribution in [0.3, 0.4) is 0 Å². The van der Waals surface area contributed by atoms with E-state index in [9.17, 15) is 4.79 Å². The molecule has 1 aliphatic rings. The lowest BCUT2D eigenvalue weighted by atomic mass is 9.88. The predicted octanol–water partition coefficient (Wildman–Crippen LogP) is 2.96. The van der Waals surface area contributed by atoms with Crippen molar-refractivity contribution in [3.63, 3.8) is 0 Å². The molecule has 19 heavy (non-hydrogen) atoms. The average Bonchev–Trinajstić information content (AvgIpc) is 2.86. The monoisotopic (exact) mass is 280 g/mol. The Morgan fingerprint density at radius 3 is 2.74 bits per heavy atom. The average molecular weight is 281 g/mol. The Morgan fingerprint density at radius 2 is 2.11 bits per heavy atom. The maximum absolute atomic E-state index is 12.0. The van der Waals surface area contributed by atoms with Crippen molar-refractivity contribution < 1.29 is 4.79 Å². The number of hydrogen-bond donors (Lipinski definition) is 2. The van der Waals surface area contributed by atoms with Crippen molar-refractivity contribution in [2.75, 3.05) is 6.54 Å². The van der Waals surface area contributed by atoms with Crippen LogP contribution in [0.2, 0.25) is 5.02 Å². The highest BCUT2D eigenvalue weighted by molar-refractivity contribution is 6.30. The summed E-state index contributed by atoms with van der Waals surface area (Å²) in [6.07, 6.45) is 5.49. The smallest absolute Gasteiger partial charge is 0.220 e. The highest BCUT2D eigenvalue weighted by Gasteiger charge is 2.36. The van der Waals surface area contributed by atoms with Gasteiger partial charge in [-0.2, -0.15) is 0 Å². The van der Waals surface area contributed by atoms with Crippen molar-refractivity contribution in [1.82, 2.24) is 5.32 Å². The Morgan fingerprint density at radius 1 is 1.37 bits per heavy atom. The van der Waals surface area contributed by atoms with Gasteiger partial charge in [-0.15, -0.1) is 0 Å². The molecule has 0 aromatic heterocycles. The molecule has 1 aromatic carbocycles. The molecular formula is C15H21ClN2O. The van der Waals surface area contributed by atoms with E-state index in [0.29, 0.717) is 13.0 Å². The number of carbonyl (C=O) groups is 1. The number of halogens is 1. The van der Waals surface area contributed by atoms with Crippen LogP contribution in [0.5, 0.6) is 0 Å². The summed E-state index contributed by atoms with van der Waals surface area (Å²) in [5.74, 6) is 0.0901. The highest BCUT2D eigenvalue weighted by Crippen LogP contribution is 2.39. The molecular weight excluding hydrogens is 260 g/mol. The molecule has 1 fully saturated rings. The van der Waals surface area contributed by atoms with E-state index >= 15 is 0 Å². The van der Waals surface area contributed by atoms with Gasteiger partial charge in [-0.05, 0) is 43.5 Å². The topological polar surface area (TPSA) is 55.1 Å². The molecule has 104 valence electrons. The normalized spacial score (nSPS) is 17.4. The van der Waals surface area contributed by atoms with Gasteiger partial charge in [0.05, 0.1) is 5.54 Å². The number of nitrogens with one attached hydrogen (secondary N) is 1. The summed E-state index contributed by atoms with van der Waals surface area (Å²) in [5.41, 5.74) is 6.35. The lowest BCUT2D eigenvalue weighted by Gasteiger charge is -2.31. The van der Waals surface area contributed by atoms with Crippen LogP contribution in [0.25, 0.3) is 0 Å². The van der Waals surface area contributed by atoms with Crippen LogP contribution in [-0.4, -0.2) is 12.5 Å². The zero-order chi connectivity index (χ0) is 13.7. The minimum absolute atomic E-state index is 0.0901. The zero-order valence-electron chi connectivity index (χ0n) is 11.1. The quantitative estimate of drug-likeness (QED) is 0.871. The molecule has 0 atom stereocenters. The first-order valence-corrected chi connectivity index (χ1v) is 7.31. The first kappa shape index (κ1) is 14.4. The van der Waals surface area contributed by atoms with Gasteiger partial charge in [0.15, 0.2) is 0 Å². The second-order valence-corrected chi connectivity index (χ2v) is 5.68. The predicted molar refractivity (Wildman–Crippen MR) is 78.0 cm³/mol. The van der Waals surface area contributed by atoms with E-state index in [4.69, 9.17) is 17.3 Å². The van der Waals surface area contributed by atoms with Crippen LogP contribution >= 0.6 is 11.6 Å². The minimum Gasteiger partial charge on any atom is -0.347 e. The van der Waals surface area contributed by atoms with E-state index in [2.05, 4.69) is 11.4 Å². The number of carbonyl (C=O) groups excluding carboxylic acids is 1. The standard InChI is InChI=1S/C15H21ClN2O/c16-13-6-3-5-12(11-13)15(8-1-2-9-15)18-14(19)7-4-10-17/h3,5-6,11H,1-2,4,7-10,17H2,(H,18,19). The summed E-state index contributed by atoms with van der Waals surface area (Å²) >= 11 is 6.08. The molecule has 0 spiro atoms. The molecule has 1 amide bonds. The zero-order valence-corrected chi connectivity index (χ0v) is 11.9. The third-order valence-corrected chi connectivity index (χ3v) is 4.06. The number of nitrogens with two attached hydrogens (primary N) is 1. The van der Waals surface area contributed by atoms with Gasteiger partial charge in [0.1, 0.15) is 0 Å². The third-order valence-electron chi connectivity index (χ3n) is 3.82. The minimum atomic E-state index is -0.226. The fraction of sp³-hybridized carbons (Fsp3) is 0.533. The van der Waals surface area contributed by atoms with Crippen molar-refractivity contribution in [2.45, 2.75) is 44.1 Å². The number of benzene rings is 1. The van der Waals surface area contributed by atoms with Crippen LogP contribution < -0.4 is 11.1 Å². The summed E-state index contributed by atoms with van der Waals surface area (Å²) in [7, 11) is 0. The number of rotatable bonds is 5. The van der Waals surface area contributed by atoms with Gasteiger partial charge >= 0.3 is 0 Å². The van der Waals surface area contributed by atoms with E-state index in [-0.39, 0.29) is 11.4 Å². The van der Waals surface area contributed by atoms with Gasteiger partial charge in [0.25, 0.3) is 0 Å². The summed E-state index contributed by atoms with van der Waals surface area (Å²) in [6.45, 7) is 0.553. The molecule has 2 rings (SSSR count). The molecule has 3 N–H and O–H groups in total. The summed E-state index contributed by atoms with van der Waals surface area (Å²) in [5, 5.41) is 3.94. The molecule has 0 saturated heterocycles. The maximum Gasteiger partial charge on any atom is 0.220 e. The van der Waals surface area contributed by atoms with E-state index in [1.807, 2.05) is 18.2 Å². The molecule has 0 bridgehead atoms. The highest BCUT2D eigenvalue weighted by atomic mass is 35.5. The van der Waals surface area contributed by atoms with Gasteiger partial charge in [-0.25, -0.2) is 0 Å². The SMILES string of the molecule is NCCCC(=O)NC1(c2cccc(Cl)c2)CCCC1. The van der Waals surface area contributed by atoms with E-state index in [1.165, 1.54) is 0 Å². The largest absolute Gasteiger partial charge is 0.347 e. The third kappa shape index (κ3) is 3.48. The molecule has 0 aliphatic heterocycles. The lowest BCUT2D eigenvalue weighted by molar-refractivity contribution is -0.123. The van der Waals surface area contributed by atoms with Gasteiger partial charge in [-0.3, -0.25) is 4.79 Å². The summed E-state index contributed by atoms with van der Waals surface area (Å²) < 4.78 is 0. The van der Waals surface area contributed by atoms with Crippen molar-refractivity contribution in [2.24, 2.45) is 5.73 Å². The molecule has 0 heterocycles. The summed E-state index contributed by atoms with van der Waals surface area (Å²) in [6, 6.07) is 7.84. The number of hydrogen-bond acceptors (Lipinski definition) is 2. The van der Waals surface area contributed by atoms with Crippen LogP contribution in [0.4, 0.5) is 0 Å². The molecule has 1 aliphatic carbocycles. The van der Waals surface area contributed by atoms with Gasteiger partial charge < -0.3 is 11.1 Å². The van der Waals surface area contributed by atoms with E-state index in [0.717, 1.165) is 42.7 Å². The van der Waals surface area contributed by atoms with E-state index in [1.54, 1.807) is 0 Å². The van der Waals surface area contributed by atoms with Crippen LogP contribution in [0, 0.1) is 0 Å². The second kappa shape index (κ2) is 6.40. The van der Waals surface area contributed by atoms with Gasteiger partial charge in [-0.1, -0.05) is 36.6 Å². The van der Waals surface area contributed by atoms with Gasteiger partial charge in [0, 0.05) is 11.4 Å². The van der Waals surface area contributed by atoms with Crippen molar-refractivity contribution >= 4 is 17.5 Å². The second-order valence-electron chi connectivity index (χ2n) is 5.24. The van der Waals surface area contributed by atoms with Crippen molar-refractivity contribution in [3.05, 3.63) is 34.9 Å². The van der Waals surface area contributed by atoms with Crippen LogP contribution in [-0.2, 0) is 10.3 Å². The number of amides is 1. The molecule has 1 aromatic rings. The Hall–Kier alpha value is -1.06. The molecule has 0 radical (unpaired) electrons. The van der Waals surface area contributed by atoms with Crippen LogP contribution in [0.1, 0.15) is 44.1 Å². The Balaban J connectivity index is 2.16. The van der Waals surface area contributed by atoms with Crippen LogP contribution in [0.15, 0.2) is 24.3 Å². The lowest BCUT2D eigenvalue weighted by Crippen LogP contribution is -2.43. The molecule has 0 unspecified atom stereocenters. The van der Waals surface area contributed by atoms with Gasteiger partial charge in [0.2, 0.25) is 5.91 Å².